The Morgan fingerprint density at radius 1 is 0.958 bits per heavy atom. The molecule has 0 N–H and O–H groups in total. The van der Waals surface area contributed by atoms with Crippen LogP contribution in [0.3, 0.4) is 0 Å². The molecule has 2 aromatic heterocycles. The molecule has 0 unspecified atom stereocenters. The molecule has 2 nitrogen and oxygen atoms in total. The number of aromatic nitrogens is 2. The van der Waals surface area contributed by atoms with Crippen LogP contribution in [-0.4, -0.2) is 9.97 Å². The number of hydrogen-bond acceptors (Lipinski definition) is 4. The van der Waals surface area contributed by atoms with Crippen molar-refractivity contribution >= 4 is 33.3 Å². The average Bonchev–Trinajstić information content (AvgIpc) is 3.06. The third kappa shape index (κ3) is 2.95. The van der Waals surface area contributed by atoms with Gasteiger partial charge in [0.2, 0.25) is 0 Å². The van der Waals surface area contributed by atoms with Gasteiger partial charge in [-0.3, -0.25) is 0 Å². The maximum Gasteiger partial charge on any atom is 0.128 e. The topological polar surface area (TPSA) is 25.8 Å². The Kier molecular flexibility index (Phi) is 4.32. The van der Waals surface area contributed by atoms with Crippen molar-refractivity contribution in [2.24, 2.45) is 0 Å². The van der Waals surface area contributed by atoms with E-state index in [2.05, 4.69) is 70.8 Å². The quantitative estimate of drug-likeness (QED) is 0.336. The fourth-order valence-corrected chi connectivity index (χ4v) is 4.77. The molecule has 24 heavy (non-hydrogen) atoms. The molecule has 0 spiro atoms. The largest absolute Gasteiger partial charge is 0.229 e. The smallest absolute Gasteiger partial charge is 0.128 e. The zero-order valence-corrected chi connectivity index (χ0v) is 14.9. The molecule has 0 radical (unpaired) electrons. The van der Waals surface area contributed by atoms with E-state index in [1.54, 1.807) is 29.4 Å². The van der Waals surface area contributed by atoms with E-state index >= 15 is 0 Å². The van der Waals surface area contributed by atoms with E-state index in [0.29, 0.717) is 0 Å². The van der Waals surface area contributed by atoms with E-state index in [1.165, 1.54) is 27.6 Å². The summed E-state index contributed by atoms with van der Waals surface area (Å²) in [5.41, 5.74) is 5.12. The SMILES string of the molecule is Cc1ccccc1CSc1ncnc2scc(-c3ccccc3)c12. The van der Waals surface area contributed by atoms with Crippen molar-refractivity contribution in [3.63, 3.8) is 0 Å². The minimum absolute atomic E-state index is 0.920. The fraction of sp³-hybridized carbons (Fsp3) is 0.100. The van der Waals surface area contributed by atoms with E-state index in [-0.39, 0.29) is 0 Å². The van der Waals surface area contributed by atoms with E-state index in [0.717, 1.165) is 15.6 Å². The number of benzene rings is 2. The van der Waals surface area contributed by atoms with E-state index < -0.39 is 0 Å². The van der Waals surface area contributed by atoms with Crippen LogP contribution in [0.5, 0.6) is 0 Å². The molecule has 4 rings (SSSR count). The molecule has 2 heterocycles. The van der Waals surface area contributed by atoms with Crippen molar-refractivity contribution in [1.29, 1.82) is 0 Å². The summed E-state index contributed by atoms with van der Waals surface area (Å²) in [7, 11) is 0. The van der Waals surface area contributed by atoms with Crippen molar-refractivity contribution < 1.29 is 0 Å². The van der Waals surface area contributed by atoms with E-state index in [9.17, 15) is 0 Å². The molecule has 118 valence electrons. The van der Waals surface area contributed by atoms with Gasteiger partial charge in [-0.25, -0.2) is 9.97 Å². The molecule has 0 saturated carbocycles. The molecule has 0 bridgehead atoms. The third-order valence-electron chi connectivity index (χ3n) is 4.05. The highest BCUT2D eigenvalue weighted by Crippen LogP contribution is 2.38. The van der Waals surface area contributed by atoms with Crippen molar-refractivity contribution in [3.05, 3.63) is 77.4 Å². The fourth-order valence-electron chi connectivity index (χ4n) is 2.71. The standard InChI is InChI=1S/C20H16N2S2/c1-14-7-5-6-10-16(14)11-23-19-18-17(15-8-3-2-4-9-15)12-24-20(18)22-13-21-19/h2-10,12-13H,11H2,1H3. The van der Waals surface area contributed by atoms with Crippen LogP contribution in [0.1, 0.15) is 11.1 Å². The lowest BCUT2D eigenvalue weighted by Gasteiger charge is -2.07. The van der Waals surface area contributed by atoms with E-state index in [1.807, 2.05) is 6.07 Å². The molecule has 4 heteroatoms. The van der Waals surface area contributed by atoms with Gasteiger partial charge in [-0.1, -0.05) is 54.6 Å². The molecular weight excluding hydrogens is 332 g/mol. The summed E-state index contributed by atoms with van der Waals surface area (Å²) in [5, 5.41) is 4.42. The van der Waals surface area contributed by atoms with Gasteiger partial charge >= 0.3 is 0 Å². The second kappa shape index (κ2) is 6.75. The van der Waals surface area contributed by atoms with Gasteiger partial charge in [0.05, 0.1) is 5.39 Å². The van der Waals surface area contributed by atoms with Crippen LogP contribution < -0.4 is 0 Å². The Morgan fingerprint density at radius 3 is 2.58 bits per heavy atom. The Hall–Kier alpha value is -2.17. The highest BCUT2D eigenvalue weighted by atomic mass is 32.2. The Balaban J connectivity index is 1.73. The first kappa shape index (κ1) is 15.4. The maximum absolute atomic E-state index is 4.57. The normalized spacial score (nSPS) is 11.0. The molecular formula is C20H16N2S2. The molecule has 0 aliphatic carbocycles. The lowest BCUT2D eigenvalue weighted by molar-refractivity contribution is 1.11. The van der Waals surface area contributed by atoms with Gasteiger partial charge in [0, 0.05) is 16.7 Å². The van der Waals surface area contributed by atoms with Gasteiger partial charge in [-0.2, -0.15) is 0 Å². The summed E-state index contributed by atoms with van der Waals surface area (Å²) in [4.78, 5) is 10.1. The molecule has 0 amide bonds. The van der Waals surface area contributed by atoms with Crippen LogP contribution in [0, 0.1) is 6.92 Å². The molecule has 0 aliphatic heterocycles. The zero-order chi connectivity index (χ0) is 16.4. The third-order valence-corrected chi connectivity index (χ3v) is 5.97. The summed E-state index contributed by atoms with van der Waals surface area (Å²) in [5.74, 6) is 0.920. The van der Waals surface area contributed by atoms with Crippen LogP contribution in [0.15, 0.2) is 71.3 Å². The predicted octanol–water partition coefficient (Wildman–Crippen LogP) is 5.96. The van der Waals surface area contributed by atoms with Gasteiger partial charge in [0.1, 0.15) is 16.2 Å². The first-order chi connectivity index (χ1) is 11.8. The van der Waals surface area contributed by atoms with Crippen molar-refractivity contribution in [2.45, 2.75) is 17.7 Å². The lowest BCUT2D eigenvalue weighted by Crippen LogP contribution is -1.89. The second-order valence-corrected chi connectivity index (χ2v) is 7.41. The van der Waals surface area contributed by atoms with Crippen molar-refractivity contribution in [3.8, 4) is 11.1 Å². The Labute approximate surface area is 149 Å². The number of nitrogens with zero attached hydrogens (tertiary/aromatic N) is 2. The molecule has 2 aromatic carbocycles. The molecule has 4 aromatic rings. The Bertz CT molecular complexity index is 977. The first-order valence-electron chi connectivity index (χ1n) is 7.78. The average molecular weight is 348 g/mol. The van der Waals surface area contributed by atoms with Crippen LogP contribution in [0.4, 0.5) is 0 Å². The first-order valence-corrected chi connectivity index (χ1v) is 9.64. The minimum atomic E-state index is 0.920. The number of fused-ring (bicyclic) bond motifs is 1. The summed E-state index contributed by atoms with van der Waals surface area (Å²) >= 11 is 3.47. The molecule has 0 fully saturated rings. The predicted molar refractivity (Wildman–Crippen MR) is 104 cm³/mol. The van der Waals surface area contributed by atoms with Gasteiger partial charge in [-0.15, -0.1) is 23.1 Å². The zero-order valence-electron chi connectivity index (χ0n) is 13.3. The lowest BCUT2D eigenvalue weighted by atomic mass is 10.1. The van der Waals surface area contributed by atoms with Gasteiger partial charge in [0.25, 0.3) is 0 Å². The number of rotatable bonds is 4. The molecule has 0 saturated heterocycles. The molecule has 0 aliphatic rings. The number of aryl methyl sites for hydroxylation is 1. The summed E-state index contributed by atoms with van der Waals surface area (Å²) in [6.45, 7) is 2.16. The van der Waals surface area contributed by atoms with E-state index in [4.69, 9.17) is 0 Å². The highest BCUT2D eigenvalue weighted by molar-refractivity contribution is 7.98. The summed E-state index contributed by atoms with van der Waals surface area (Å²) in [6.07, 6.45) is 1.67. The Morgan fingerprint density at radius 2 is 1.75 bits per heavy atom. The highest BCUT2D eigenvalue weighted by Gasteiger charge is 2.13. The van der Waals surface area contributed by atoms with Crippen molar-refractivity contribution in [2.75, 3.05) is 0 Å². The summed E-state index contributed by atoms with van der Waals surface area (Å²) in [6, 6.07) is 19.0. The van der Waals surface area contributed by atoms with Gasteiger partial charge in [0.15, 0.2) is 0 Å². The van der Waals surface area contributed by atoms with Gasteiger partial charge < -0.3 is 0 Å². The van der Waals surface area contributed by atoms with Crippen LogP contribution in [0.2, 0.25) is 0 Å². The van der Waals surface area contributed by atoms with Crippen molar-refractivity contribution in [1.82, 2.24) is 9.97 Å². The van der Waals surface area contributed by atoms with Gasteiger partial charge in [-0.05, 0) is 23.6 Å². The monoisotopic (exact) mass is 348 g/mol. The minimum Gasteiger partial charge on any atom is -0.229 e. The summed E-state index contributed by atoms with van der Waals surface area (Å²) < 4.78 is 0. The number of thiophene rings is 1. The van der Waals surface area contributed by atoms with Crippen LogP contribution in [-0.2, 0) is 5.75 Å². The second-order valence-electron chi connectivity index (χ2n) is 5.59. The molecule has 0 atom stereocenters. The number of hydrogen-bond donors (Lipinski definition) is 0. The maximum atomic E-state index is 4.57. The number of thioether (sulfide) groups is 1. The van der Waals surface area contributed by atoms with Crippen LogP contribution >= 0.6 is 23.1 Å². The van der Waals surface area contributed by atoms with Crippen LogP contribution in [0.25, 0.3) is 21.3 Å².